The number of epoxide rings is 1. The van der Waals surface area contributed by atoms with Crippen LogP contribution in [-0.2, 0) is 30.2 Å². The number of nitrogens with zero attached hydrogens (tertiary/aromatic N) is 2. The average Bonchev–Trinajstić information content (AvgIpc) is 3.81. The zero-order valence-corrected chi connectivity index (χ0v) is 31.1. The lowest BCUT2D eigenvalue weighted by atomic mass is 9.83. The van der Waals surface area contributed by atoms with E-state index in [1.165, 1.54) is 19.1 Å². The molecule has 0 radical (unpaired) electrons. The minimum absolute atomic E-state index is 0.0432. The summed E-state index contributed by atoms with van der Waals surface area (Å²) in [5.74, 6) is -0.342. The topological polar surface area (TPSA) is 187 Å². The largest absolute Gasteiger partial charge is 0.495 e. The van der Waals surface area contributed by atoms with Crippen molar-refractivity contribution in [2.24, 2.45) is 5.92 Å². The van der Waals surface area contributed by atoms with Crippen molar-refractivity contribution in [3.05, 3.63) is 76.9 Å². The van der Waals surface area contributed by atoms with Gasteiger partial charge in [-0.15, -0.1) is 0 Å². The number of ether oxygens (including phenoxy) is 5. The molecule has 2 fully saturated rings. The Kier molecular flexibility index (Phi) is 10.6. The van der Waals surface area contributed by atoms with Gasteiger partial charge in [-0.1, -0.05) is 42.3 Å². The summed E-state index contributed by atoms with van der Waals surface area (Å²) in [5.41, 5.74) is 6.20. The third-order valence-electron chi connectivity index (χ3n) is 10.1. The highest BCUT2D eigenvalue weighted by Crippen LogP contribution is 2.49. The summed E-state index contributed by atoms with van der Waals surface area (Å²) >= 11 is 6.76. The van der Waals surface area contributed by atoms with E-state index in [4.69, 9.17) is 41.0 Å². The number of fused-ring (bicyclic) bond motifs is 6. The molecule has 53 heavy (non-hydrogen) atoms. The molecule has 1 aromatic heterocycles. The SMILES string of the molecule is COc1cc2cc(c1Cl)N(C)C(=O)C[C@H](OC(=O)Nc1ccc3cc(N)ccc3n1)[C@]1(C)O[C@H]1[C@H](C)[C@@H]1C[C@@](O)(NC(=O)O1)[C@H](OC)/C=C/C=C(\C)C2. The highest BCUT2D eigenvalue weighted by atomic mass is 35.5. The highest BCUT2D eigenvalue weighted by molar-refractivity contribution is 6.35. The highest BCUT2D eigenvalue weighted by Gasteiger charge is 2.64. The van der Waals surface area contributed by atoms with Gasteiger partial charge in [0.05, 0.1) is 30.8 Å². The number of allylic oxidation sites excluding steroid dienone is 3. The minimum Gasteiger partial charge on any atom is -0.495 e. The number of benzene rings is 2. The number of hydrogen-bond donors (Lipinski definition) is 4. The molecule has 0 unspecified atom stereocenters. The van der Waals surface area contributed by atoms with E-state index in [2.05, 4.69) is 15.6 Å². The number of nitrogens with two attached hydrogens (primary N) is 1. The number of carbonyl (C=O) groups is 3. The summed E-state index contributed by atoms with van der Waals surface area (Å²) in [7, 11) is 4.51. The van der Waals surface area contributed by atoms with Crippen molar-refractivity contribution in [2.45, 2.75) is 75.8 Å². The van der Waals surface area contributed by atoms with Crippen molar-refractivity contribution in [3.8, 4) is 5.75 Å². The third-order valence-corrected chi connectivity index (χ3v) is 10.5. The Morgan fingerprint density at radius 1 is 1.19 bits per heavy atom. The lowest BCUT2D eigenvalue weighted by Gasteiger charge is -2.42. The lowest BCUT2D eigenvalue weighted by molar-refractivity contribution is -0.142. The summed E-state index contributed by atoms with van der Waals surface area (Å²) in [5, 5.41) is 17.9. The van der Waals surface area contributed by atoms with E-state index >= 15 is 0 Å². The van der Waals surface area contributed by atoms with Crippen molar-refractivity contribution in [2.75, 3.05) is 37.2 Å². The Hall–Kier alpha value is -4.89. The molecule has 4 heterocycles. The predicted octanol–water partition coefficient (Wildman–Crippen LogP) is 5.50. The van der Waals surface area contributed by atoms with Crippen LogP contribution in [0.25, 0.3) is 10.9 Å². The van der Waals surface area contributed by atoms with E-state index in [9.17, 15) is 19.5 Å². The van der Waals surface area contributed by atoms with Crippen LogP contribution in [0.15, 0.2) is 66.3 Å². The number of nitrogen functional groups attached to an aromatic ring is 1. The first-order valence-electron chi connectivity index (χ1n) is 17.2. The number of hydrogen-bond acceptors (Lipinski definition) is 11. The van der Waals surface area contributed by atoms with Crippen LogP contribution in [0.3, 0.4) is 0 Å². The minimum atomic E-state index is -1.82. The Morgan fingerprint density at radius 3 is 2.70 bits per heavy atom. The summed E-state index contributed by atoms with van der Waals surface area (Å²) in [6.45, 7) is 5.46. The molecule has 3 aliphatic rings. The molecular formula is C38H44ClN5O9. The molecule has 15 heteroatoms. The van der Waals surface area contributed by atoms with Crippen LogP contribution in [0, 0.1) is 5.92 Å². The fourth-order valence-corrected chi connectivity index (χ4v) is 7.40. The van der Waals surface area contributed by atoms with Gasteiger partial charge in [-0.2, -0.15) is 0 Å². The van der Waals surface area contributed by atoms with E-state index in [1.54, 1.807) is 75.5 Å². The van der Waals surface area contributed by atoms with Gasteiger partial charge < -0.3 is 39.4 Å². The van der Waals surface area contributed by atoms with Crippen molar-refractivity contribution in [3.63, 3.8) is 0 Å². The number of methoxy groups -OCH3 is 2. The second-order valence-corrected chi connectivity index (χ2v) is 14.3. The molecule has 0 aliphatic carbocycles. The van der Waals surface area contributed by atoms with Crippen molar-refractivity contribution in [1.29, 1.82) is 0 Å². The Balaban J connectivity index is 1.36. The number of amides is 3. The normalized spacial score (nSPS) is 30.6. The number of carbonyl (C=O) groups excluding carboxylic acids is 3. The molecule has 3 aromatic rings. The zero-order chi connectivity index (χ0) is 38.2. The second-order valence-electron chi connectivity index (χ2n) is 14.0. The number of alkyl carbamates (subject to hydrolysis) is 1. The molecule has 0 spiro atoms. The molecule has 14 nitrogen and oxygen atoms in total. The van der Waals surface area contributed by atoms with Gasteiger partial charge >= 0.3 is 12.2 Å². The number of aliphatic hydroxyl groups is 1. The van der Waals surface area contributed by atoms with Crippen molar-refractivity contribution >= 4 is 57.8 Å². The average molecular weight is 750 g/mol. The van der Waals surface area contributed by atoms with Crippen LogP contribution in [0.5, 0.6) is 5.75 Å². The van der Waals surface area contributed by atoms with Gasteiger partial charge in [0.2, 0.25) is 5.91 Å². The van der Waals surface area contributed by atoms with Gasteiger partial charge in [0.15, 0.2) is 5.72 Å². The van der Waals surface area contributed by atoms with Gasteiger partial charge in [-0.3, -0.25) is 15.4 Å². The maximum absolute atomic E-state index is 14.1. The molecule has 0 saturated carbocycles. The molecular weight excluding hydrogens is 706 g/mol. The summed E-state index contributed by atoms with van der Waals surface area (Å²) in [4.78, 5) is 46.3. The van der Waals surface area contributed by atoms with Gasteiger partial charge in [-0.25, -0.2) is 14.6 Å². The maximum atomic E-state index is 14.1. The Labute approximate surface area is 312 Å². The smallest absolute Gasteiger partial charge is 0.413 e. The van der Waals surface area contributed by atoms with E-state index < -0.39 is 59.8 Å². The number of pyridine rings is 1. The maximum Gasteiger partial charge on any atom is 0.413 e. The Morgan fingerprint density at radius 2 is 1.96 bits per heavy atom. The van der Waals surface area contributed by atoms with Crippen LogP contribution >= 0.6 is 11.6 Å². The van der Waals surface area contributed by atoms with E-state index in [0.29, 0.717) is 29.1 Å². The first kappa shape index (κ1) is 37.9. The van der Waals surface area contributed by atoms with E-state index in [0.717, 1.165) is 16.5 Å². The van der Waals surface area contributed by atoms with Gasteiger partial charge in [-0.05, 0) is 68.3 Å². The lowest BCUT2D eigenvalue weighted by Crippen LogP contribution is -2.63. The number of nitrogens with one attached hydrogen (secondary N) is 2. The summed E-state index contributed by atoms with van der Waals surface area (Å²) < 4.78 is 29.1. The number of anilines is 3. The van der Waals surface area contributed by atoms with Gasteiger partial charge in [0.25, 0.3) is 0 Å². The number of rotatable bonds is 4. The van der Waals surface area contributed by atoms with Crippen molar-refractivity contribution < 1.29 is 43.2 Å². The van der Waals surface area contributed by atoms with Crippen molar-refractivity contribution in [1.82, 2.24) is 10.3 Å². The van der Waals surface area contributed by atoms with Crippen LogP contribution in [0.2, 0.25) is 5.02 Å². The Bertz CT molecular complexity index is 1990. The van der Waals surface area contributed by atoms with Gasteiger partial charge in [0, 0.05) is 37.6 Å². The first-order chi connectivity index (χ1) is 25.1. The molecule has 2 aromatic carbocycles. The summed E-state index contributed by atoms with van der Waals surface area (Å²) in [6.07, 6.45) is 0.142. The second kappa shape index (κ2) is 14.9. The molecule has 2 saturated heterocycles. The number of aromatic nitrogens is 1. The quantitative estimate of drug-likeness (QED) is 0.195. The molecule has 282 valence electrons. The first-order valence-corrected chi connectivity index (χ1v) is 17.5. The van der Waals surface area contributed by atoms with E-state index in [1.807, 2.05) is 13.0 Å². The van der Waals surface area contributed by atoms with Crippen LogP contribution < -0.4 is 26.0 Å². The molecule has 3 amide bonds. The van der Waals surface area contributed by atoms with Crippen LogP contribution in [0.1, 0.15) is 39.2 Å². The van der Waals surface area contributed by atoms with E-state index in [-0.39, 0.29) is 23.7 Å². The molecule has 4 bridgehead atoms. The molecule has 3 aliphatic heterocycles. The van der Waals surface area contributed by atoms with Crippen LogP contribution in [0.4, 0.5) is 26.8 Å². The zero-order valence-electron chi connectivity index (χ0n) is 30.3. The summed E-state index contributed by atoms with van der Waals surface area (Å²) in [6, 6.07) is 12.2. The van der Waals surface area contributed by atoms with Gasteiger partial charge in [0.1, 0.15) is 40.5 Å². The molecule has 6 rings (SSSR count). The fourth-order valence-electron chi connectivity index (χ4n) is 7.08. The predicted molar refractivity (Wildman–Crippen MR) is 199 cm³/mol. The fraction of sp³-hybridized carbons (Fsp3) is 0.421. The standard InChI is InChI=1S/C38H44ClN5O9/c1-20-8-7-9-29(50-6)38(48)19-28(51-36(47)43-38)21(2)34-37(3,53-34)30(18-32(45)44(4)26-15-22(14-20)16-27(49-5)33(26)39)52-35(46)42-31-13-10-23-17-24(40)11-12-25(23)41-31/h7-13,15-17,21,28-30,34,48H,14,18-19,40H2,1-6H3,(H,43,47)(H,41,42,46)/b9-7+,20-8+/t21-,28+,29-,30+,34+,37+,38+/m1/s1. The number of halogens is 1. The molecule has 7 atom stereocenters. The molecule has 5 N–H and O–H groups in total. The van der Waals surface area contributed by atoms with Crippen LogP contribution in [-0.4, -0.2) is 85.2 Å². The third kappa shape index (κ3) is 7.91. The monoisotopic (exact) mass is 749 g/mol.